The molecule has 0 aliphatic heterocycles. The third-order valence-corrected chi connectivity index (χ3v) is 5.35. The van der Waals surface area contributed by atoms with Crippen molar-refractivity contribution < 1.29 is 0 Å². The van der Waals surface area contributed by atoms with Gasteiger partial charge in [0.1, 0.15) is 0 Å². The van der Waals surface area contributed by atoms with E-state index in [0.717, 1.165) is 24.4 Å². The molecule has 96 valence electrons. The molecular weight excluding hydrogens is 226 g/mol. The maximum absolute atomic E-state index is 3.79. The molecule has 2 atom stereocenters. The van der Waals surface area contributed by atoms with Gasteiger partial charge in [0, 0.05) is 22.3 Å². The highest BCUT2D eigenvalue weighted by Gasteiger charge is 2.26. The Morgan fingerprint density at radius 1 is 1.18 bits per heavy atom. The Kier molecular flexibility index (Phi) is 4.63. The number of nitrogens with one attached hydrogen (secondary N) is 1. The number of thiophene rings is 1. The molecule has 1 aliphatic rings. The van der Waals surface area contributed by atoms with Crippen LogP contribution in [0.15, 0.2) is 12.1 Å². The average Bonchev–Trinajstić information content (AvgIpc) is 2.76. The van der Waals surface area contributed by atoms with E-state index in [-0.39, 0.29) is 0 Å². The number of rotatable bonds is 4. The Hall–Kier alpha value is -0.340. The topological polar surface area (TPSA) is 12.0 Å². The van der Waals surface area contributed by atoms with Gasteiger partial charge in [0.05, 0.1) is 0 Å². The maximum Gasteiger partial charge on any atom is 0.0302 e. The largest absolute Gasteiger partial charge is 0.309 e. The molecule has 1 N–H and O–H groups in total. The number of hydrogen-bond acceptors (Lipinski definition) is 2. The second kappa shape index (κ2) is 6.01. The van der Waals surface area contributed by atoms with Crippen molar-refractivity contribution in [2.75, 3.05) is 0 Å². The minimum Gasteiger partial charge on any atom is -0.309 e. The molecule has 0 spiro atoms. The fourth-order valence-electron chi connectivity index (χ4n) is 3.01. The van der Waals surface area contributed by atoms with Crippen molar-refractivity contribution in [3.05, 3.63) is 21.9 Å². The van der Waals surface area contributed by atoms with Crippen molar-refractivity contribution in [1.82, 2.24) is 5.32 Å². The van der Waals surface area contributed by atoms with Gasteiger partial charge in [0.15, 0.2) is 0 Å². The Morgan fingerprint density at radius 2 is 1.82 bits per heavy atom. The third kappa shape index (κ3) is 3.32. The van der Waals surface area contributed by atoms with Crippen LogP contribution in [0.3, 0.4) is 0 Å². The monoisotopic (exact) mass is 251 g/mol. The normalized spacial score (nSPS) is 29.5. The van der Waals surface area contributed by atoms with Crippen LogP contribution in [0.25, 0.3) is 0 Å². The third-order valence-electron chi connectivity index (χ3n) is 4.12. The van der Waals surface area contributed by atoms with Gasteiger partial charge in [-0.05, 0) is 43.2 Å². The van der Waals surface area contributed by atoms with Crippen molar-refractivity contribution >= 4 is 11.3 Å². The molecule has 17 heavy (non-hydrogen) atoms. The summed E-state index contributed by atoms with van der Waals surface area (Å²) in [5.41, 5.74) is 0. The second-order valence-electron chi connectivity index (χ2n) is 5.51. The summed E-state index contributed by atoms with van der Waals surface area (Å²) in [6.07, 6.45) is 5.37. The van der Waals surface area contributed by atoms with Crippen LogP contribution in [0.5, 0.6) is 0 Å². The van der Waals surface area contributed by atoms with E-state index >= 15 is 0 Å². The van der Waals surface area contributed by atoms with E-state index in [0.29, 0.717) is 0 Å². The summed E-state index contributed by atoms with van der Waals surface area (Å²) in [7, 11) is 0. The first-order valence-corrected chi connectivity index (χ1v) is 7.83. The highest BCUT2D eigenvalue weighted by Crippen LogP contribution is 2.29. The molecule has 0 amide bonds. The van der Waals surface area contributed by atoms with Gasteiger partial charge in [0.25, 0.3) is 0 Å². The van der Waals surface area contributed by atoms with Crippen LogP contribution in [0.2, 0.25) is 0 Å². The van der Waals surface area contributed by atoms with E-state index < -0.39 is 0 Å². The molecule has 2 rings (SSSR count). The zero-order valence-electron chi connectivity index (χ0n) is 11.3. The van der Waals surface area contributed by atoms with Gasteiger partial charge in [-0.1, -0.05) is 27.2 Å². The molecule has 0 saturated heterocycles. The summed E-state index contributed by atoms with van der Waals surface area (Å²) in [6, 6.07) is 5.28. The number of hydrogen-bond donors (Lipinski definition) is 1. The van der Waals surface area contributed by atoms with Crippen molar-refractivity contribution in [2.24, 2.45) is 11.8 Å². The zero-order valence-corrected chi connectivity index (χ0v) is 12.1. The fraction of sp³-hybridized carbons (Fsp3) is 0.733. The first-order chi connectivity index (χ1) is 8.20. The quantitative estimate of drug-likeness (QED) is 0.844. The van der Waals surface area contributed by atoms with Crippen LogP contribution in [0.4, 0.5) is 0 Å². The lowest BCUT2D eigenvalue weighted by Gasteiger charge is -2.35. The van der Waals surface area contributed by atoms with E-state index in [4.69, 9.17) is 0 Å². The van der Waals surface area contributed by atoms with Gasteiger partial charge in [-0.25, -0.2) is 0 Å². The molecule has 1 aromatic rings. The van der Waals surface area contributed by atoms with E-state index in [9.17, 15) is 0 Å². The molecule has 0 aromatic carbocycles. The smallest absolute Gasteiger partial charge is 0.0302 e. The molecule has 2 heteroatoms. The Morgan fingerprint density at radius 3 is 2.41 bits per heavy atom. The Balaban J connectivity index is 1.87. The van der Waals surface area contributed by atoms with Crippen LogP contribution >= 0.6 is 11.3 Å². The molecule has 1 heterocycles. The Bertz CT molecular complexity index is 334. The van der Waals surface area contributed by atoms with Crippen LogP contribution < -0.4 is 5.32 Å². The first kappa shape index (κ1) is 13.1. The number of aryl methyl sites for hydroxylation is 1. The summed E-state index contributed by atoms with van der Waals surface area (Å²) in [4.78, 5) is 3.00. The van der Waals surface area contributed by atoms with Crippen molar-refractivity contribution in [1.29, 1.82) is 0 Å². The zero-order chi connectivity index (χ0) is 12.3. The summed E-state index contributed by atoms with van der Waals surface area (Å²) < 4.78 is 0. The molecule has 0 radical (unpaired) electrons. The lowest BCUT2D eigenvalue weighted by atomic mass is 9.79. The van der Waals surface area contributed by atoms with Crippen LogP contribution in [0, 0.1) is 11.8 Å². The van der Waals surface area contributed by atoms with Crippen molar-refractivity contribution in [3.8, 4) is 0 Å². The van der Waals surface area contributed by atoms with Crippen molar-refractivity contribution in [3.63, 3.8) is 0 Å². The second-order valence-corrected chi connectivity index (χ2v) is 6.77. The maximum atomic E-state index is 3.79. The summed E-state index contributed by atoms with van der Waals surface area (Å²) in [6.45, 7) is 8.09. The summed E-state index contributed by atoms with van der Waals surface area (Å²) >= 11 is 1.96. The molecular formula is C15H25NS. The lowest BCUT2D eigenvalue weighted by molar-refractivity contribution is 0.208. The van der Waals surface area contributed by atoms with E-state index in [1.165, 1.54) is 35.4 Å². The van der Waals surface area contributed by atoms with Crippen LogP contribution in [0.1, 0.15) is 49.8 Å². The van der Waals surface area contributed by atoms with Gasteiger partial charge in [-0.2, -0.15) is 0 Å². The molecule has 1 aromatic heterocycles. The van der Waals surface area contributed by atoms with Crippen molar-refractivity contribution in [2.45, 2.75) is 59.0 Å². The van der Waals surface area contributed by atoms with Gasteiger partial charge in [0.2, 0.25) is 0 Å². The minimum atomic E-state index is 0.718. The minimum absolute atomic E-state index is 0.718. The van der Waals surface area contributed by atoms with Gasteiger partial charge < -0.3 is 5.32 Å². The highest BCUT2D eigenvalue weighted by atomic mass is 32.1. The summed E-state index contributed by atoms with van der Waals surface area (Å²) in [5.74, 6) is 1.67. The molecule has 1 saturated carbocycles. The lowest BCUT2D eigenvalue weighted by Crippen LogP contribution is -2.42. The van der Waals surface area contributed by atoms with Gasteiger partial charge in [-0.3, -0.25) is 0 Å². The average molecular weight is 251 g/mol. The highest BCUT2D eigenvalue weighted by molar-refractivity contribution is 7.11. The fourth-order valence-corrected chi connectivity index (χ4v) is 3.92. The Labute approximate surface area is 110 Å². The molecule has 2 unspecified atom stereocenters. The van der Waals surface area contributed by atoms with Gasteiger partial charge >= 0.3 is 0 Å². The first-order valence-electron chi connectivity index (χ1n) is 7.01. The predicted octanol–water partition coefficient (Wildman–Crippen LogP) is 4.22. The molecule has 1 fully saturated rings. The SMILES string of the molecule is CCc1ccc(CNC2C(C)CCCC2C)s1. The standard InChI is InChI=1S/C15H25NS/c1-4-13-8-9-14(17-13)10-16-15-11(2)6-5-7-12(15)3/h8-9,11-12,15-16H,4-7,10H2,1-3H3. The molecule has 1 nitrogen and oxygen atoms in total. The molecule has 1 aliphatic carbocycles. The van der Waals surface area contributed by atoms with Crippen LogP contribution in [-0.4, -0.2) is 6.04 Å². The molecule has 0 bridgehead atoms. The van der Waals surface area contributed by atoms with E-state index in [1.807, 2.05) is 11.3 Å². The van der Waals surface area contributed by atoms with E-state index in [1.54, 1.807) is 0 Å². The predicted molar refractivity (Wildman–Crippen MR) is 76.5 cm³/mol. The van der Waals surface area contributed by atoms with E-state index in [2.05, 4.69) is 38.2 Å². The van der Waals surface area contributed by atoms with Gasteiger partial charge in [-0.15, -0.1) is 11.3 Å². The van der Waals surface area contributed by atoms with Crippen LogP contribution in [-0.2, 0) is 13.0 Å². The summed E-state index contributed by atoms with van der Waals surface area (Å²) in [5, 5.41) is 3.79.